The van der Waals surface area contributed by atoms with Crippen molar-refractivity contribution in [3.63, 3.8) is 0 Å². The van der Waals surface area contributed by atoms with Crippen molar-refractivity contribution in [3.8, 4) is 17.9 Å². The van der Waals surface area contributed by atoms with E-state index in [1.165, 1.54) is 25.7 Å². The van der Waals surface area contributed by atoms with Gasteiger partial charge in [0.1, 0.15) is 6.04 Å². The molecule has 1 N–H and O–H groups in total. The molecular weight excluding hydrogens is 360 g/mol. The predicted octanol–water partition coefficient (Wildman–Crippen LogP) is 2.62. The number of benzene rings is 1. The zero-order chi connectivity index (χ0) is 19.4. The Labute approximate surface area is 162 Å². The highest BCUT2D eigenvalue weighted by Crippen LogP contribution is 2.42. The fourth-order valence-corrected chi connectivity index (χ4v) is 5.63. The Balaban J connectivity index is 1.72. The second kappa shape index (κ2) is 8.44. The average molecular weight is 387 g/mol. The number of hydrogen-bond donors (Lipinski definition) is 1. The molecule has 27 heavy (non-hydrogen) atoms. The minimum absolute atomic E-state index is 0.0794. The quantitative estimate of drug-likeness (QED) is 0.789. The summed E-state index contributed by atoms with van der Waals surface area (Å²) in [6, 6.07) is 8.36. The van der Waals surface area contributed by atoms with E-state index in [-0.39, 0.29) is 18.3 Å². The van der Waals surface area contributed by atoms with Crippen molar-refractivity contribution in [1.82, 2.24) is 4.31 Å². The first-order chi connectivity index (χ1) is 13.0. The third-order valence-electron chi connectivity index (χ3n) is 5.75. The van der Waals surface area contributed by atoms with Gasteiger partial charge in [-0.2, -0.15) is 9.57 Å². The Kier molecular flexibility index (Phi) is 6.22. The van der Waals surface area contributed by atoms with Crippen LogP contribution in [0.15, 0.2) is 24.3 Å². The normalized spacial score (nSPS) is 26.0. The molecule has 0 bridgehead atoms. The van der Waals surface area contributed by atoms with Gasteiger partial charge < -0.3 is 5.11 Å². The van der Waals surface area contributed by atoms with Crippen molar-refractivity contribution in [2.45, 2.75) is 57.0 Å². The first-order valence-corrected chi connectivity index (χ1v) is 11.2. The summed E-state index contributed by atoms with van der Waals surface area (Å²) in [6.45, 7) is 1.25. The minimum atomic E-state index is -3.52. The fourth-order valence-electron chi connectivity index (χ4n) is 4.20. The highest BCUT2D eigenvalue weighted by Gasteiger charge is 2.54. The molecule has 1 saturated carbocycles. The molecule has 2 fully saturated rings. The molecule has 6 heteroatoms. The Hall–Kier alpha value is -1.86. The number of rotatable bonds is 5. The second-order valence-electron chi connectivity index (χ2n) is 7.36. The first kappa shape index (κ1) is 19.9. The van der Waals surface area contributed by atoms with Crippen molar-refractivity contribution in [2.75, 3.05) is 12.4 Å². The van der Waals surface area contributed by atoms with E-state index >= 15 is 0 Å². The lowest BCUT2D eigenvalue weighted by Crippen LogP contribution is -2.65. The van der Waals surface area contributed by atoms with Crippen LogP contribution in [0.5, 0.6) is 0 Å². The lowest BCUT2D eigenvalue weighted by atomic mass is 9.78. The molecule has 1 heterocycles. The standard InChI is InChI=1S/C21H26N2O3S/c1-2-27(25,26)23-19(14-22)21(20(23)15-24)18-12-10-17(11-13-18)9-5-8-16-6-3-4-7-16/h10-13,16,19-21,24H,2-4,6-8,15H2,1H3/t19-,20+,21-/m1/s1. The van der Waals surface area contributed by atoms with Crippen molar-refractivity contribution in [1.29, 1.82) is 5.26 Å². The van der Waals surface area contributed by atoms with E-state index in [1.807, 2.05) is 24.3 Å². The van der Waals surface area contributed by atoms with Gasteiger partial charge in [0.15, 0.2) is 0 Å². The average Bonchev–Trinajstić information content (AvgIpc) is 3.16. The maximum absolute atomic E-state index is 12.2. The first-order valence-electron chi connectivity index (χ1n) is 9.62. The topological polar surface area (TPSA) is 81.4 Å². The van der Waals surface area contributed by atoms with E-state index in [4.69, 9.17) is 0 Å². The van der Waals surface area contributed by atoms with Crippen molar-refractivity contribution in [2.24, 2.45) is 5.92 Å². The van der Waals surface area contributed by atoms with Crippen LogP contribution in [0.4, 0.5) is 0 Å². The smallest absolute Gasteiger partial charge is 0.215 e. The van der Waals surface area contributed by atoms with E-state index in [0.717, 1.165) is 27.8 Å². The van der Waals surface area contributed by atoms with Crippen molar-refractivity contribution >= 4 is 10.0 Å². The van der Waals surface area contributed by atoms with Gasteiger partial charge >= 0.3 is 0 Å². The molecule has 0 amide bonds. The van der Waals surface area contributed by atoms with Crippen LogP contribution in [-0.2, 0) is 10.0 Å². The largest absolute Gasteiger partial charge is 0.395 e. The van der Waals surface area contributed by atoms with Crippen LogP contribution < -0.4 is 0 Å². The van der Waals surface area contributed by atoms with Gasteiger partial charge in [0.2, 0.25) is 10.0 Å². The number of nitriles is 1. The highest BCUT2D eigenvalue weighted by atomic mass is 32.2. The number of hydrogen-bond acceptors (Lipinski definition) is 4. The summed E-state index contributed by atoms with van der Waals surface area (Å²) >= 11 is 0. The molecule has 0 unspecified atom stereocenters. The van der Waals surface area contributed by atoms with Gasteiger partial charge in [0.25, 0.3) is 0 Å². The summed E-state index contributed by atoms with van der Waals surface area (Å²) in [7, 11) is -3.52. The molecule has 2 aliphatic rings. The molecular formula is C21H26N2O3S. The summed E-state index contributed by atoms with van der Waals surface area (Å²) < 4.78 is 25.6. The summed E-state index contributed by atoms with van der Waals surface area (Å²) in [5.74, 6) is 6.80. The van der Waals surface area contributed by atoms with Crippen LogP contribution in [-0.4, -0.2) is 42.3 Å². The molecule has 0 aromatic heterocycles. The molecule has 1 aliphatic carbocycles. The molecule has 144 valence electrons. The Morgan fingerprint density at radius 3 is 2.44 bits per heavy atom. The lowest BCUT2D eigenvalue weighted by molar-refractivity contribution is 0.0558. The van der Waals surface area contributed by atoms with E-state index in [2.05, 4.69) is 17.9 Å². The summed E-state index contributed by atoms with van der Waals surface area (Å²) in [6.07, 6.45) is 6.14. The van der Waals surface area contributed by atoms with Gasteiger partial charge in [-0.05, 0) is 43.4 Å². The summed E-state index contributed by atoms with van der Waals surface area (Å²) in [5.41, 5.74) is 1.78. The summed E-state index contributed by atoms with van der Waals surface area (Å²) in [5, 5.41) is 19.2. The van der Waals surface area contributed by atoms with Gasteiger partial charge in [0, 0.05) is 17.9 Å². The number of nitrogens with zero attached hydrogens (tertiary/aromatic N) is 2. The van der Waals surface area contributed by atoms with Crippen LogP contribution in [0.25, 0.3) is 0 Å². The summed E-state index contributed by atoms with van der Waals surface area (Å²) in [4.78, 5) is 0. The molecule has 1 aromatic rings. The van der Waals surface area contributed by atoms with Gasteiger partial charge in [-0.25, -0.2) is 8.42 Å². The highest BCUT2D eigenvalue weighted by molar-refractivity contribution is 7.89. The predicted molar refractivity (Wildman–Crippen MR) is 104 cm³/mol. The number of sulfonamides is 1. The SMILES string of the molecule is CCS(=O)(=O)N1[C@H](C#N)[C@@H](c2ccc(C#CCC3CCCC3)cc2)[C@@H]1CO. The van der Waals surface area contributed by atoms with Crippen LogP contribution in [0.2, 0.25) is 0 Å². The van der Waals surface area contributed by atoms with Crippen LogP contribution in [0.3, 0.4) is 0 Å². The molecule has 3 atom stereocenters. The molecule has 0 radical (unpaired) electrons. The molecule has 1 aliphatic heterocycles. The molecule has 3 rings (SSSR count). The van der Waals surface area contributed by atoms with Gasteiger partial charge in [-0.15, -0.1) is 0 Å². The van der Waals surface area contributed by atoms with Crippen LogP contribution >= 0.6 is 0 Å². The Bertz CT molecular complexity index is 855. The van der Waals surface area contributed by atoms with Crippen molar-refractivity contribution in [3.05, 3.63) is 35.4 Å². The van der Waals surface area contributed by atoms with Crippen LogP contribution in [0.1, 0.15) is 56.1 Å². The zero-order valence-corrected chi connectivity index (χ0v) is 16.5. The zero-order valence-electron chi connectivity index (χ0n) is 15.6. The van der Waals surface area contributed by atoms with Gasteiger partial charge in [0.05, 0.1) is 24.5 Å². The van der Waals surface area contributed by atoms with Gasteiger partial charge in [-0.3, -0.25) is 0 Å². The monoisotopic (exact) mass is 386 g/mol. The number of aliphatic hydroxyl groups is 1. The third kappa shape index (κ3) is 4.04. The lowest BCUT2D eigenvalue weighted by Gasteiger charge is -2.50. The maximum atomic E-state index is 12.2. The maximum Gasteiger partial charge on any atom is 0.215 e. The van der Waals surface area contributed by atoms with Gasteiger partial charge in [-0.1, -0.05) is 36.8 Å². The minimum Gasteiger partial charge on any atom is -0.395 e. The molecule has 5 nitrogen and oxygen atoms in total. The van der Waals surface area contributed by atoms with E-state index in [9.17, 15) is 18.8 Å². The fraction of sp³-hybridized carbons (Fsp3) is 0.571. The third-order valence-corrected chi connectivity index (χ3v) is 7.62. The second-order valence-corrected chi connectivity index (χ2v) is 9.52. The van der Waals surface area contributed by atoms with Crippen LogP contribution in [0, 0.1) is 29.1 Å². The Morgan fingerprint density at radius 1 is 1.22 bits per heavy atom. The molecule has 1 saturated heterocycles. The van der Waals surface area contributed by atoms with E-state index < -0.39 is 22.1 Å². The molecule has 1 aromatic carbocycles. The van der Waals surface area contributed by atoms with E-state index in [0.29, 0.717) is 0 Å². The number of aliphatic hydroxyl groups excluding tert-OH is 1. The Morgan fingerprint density at radius 2 is 1.89 bits per heavy atom. The van der Waals surface area contributed by atoms with E-state index in [1.54, 1.807) is 6.92 Å². The molecule has 0 spiro atoms. The van der Waals surface area contributed by atoms with Crippen molar-refractivity contribution < 1.29 is 13.5 Å².